The minimum absolute atomic E-state index is 0.185. The third kappa shape index (κ3) is 4.11. The minimum Gasteiger partial charge on any atom is -0.481 e. The van der Waals surface area contributed by atoms with Gasteiger partial charge in [-0.2, -0.15) is 13.2 Å². The minimum atomic E-state index is -4.41. The van der Waals surface area contributed by atoms with Crippen molar-refractivity contribution in [3.63, 3.8) is 0 Å². The zero-order valence-corrected chi connectivity index (χ0v) is 9.89. The van der Waals surface area contributed by atoms with Gasteiger partial charge in [-0.15, -0.1) is 0 Å². The fraction of sp³-hybridized carbons (Fsp3) is 0.182. The van der Waals surface area contributed by atoms with Crippen LogP contribution in [0.5, 0.6) is 0 Å². The normalized spacial score (nSPS) is 10.6. The summed E-state index contributed by atoms with van der Waals surface area (Å²) in [6.07, 6.45) is -4.76. The second-order valence-electron chi connectivity index (χ2n) is 3.06. The molecule has 0 aliphatic heterocycles. The zero-order chi connectivity index (χ0) is 13.1. The summed E-state index contributed by atoms with van der Waals surface area (Å²) in [7, 11) is 0. The summed E-state index contributed by atoms with van der Waals surface area (Å²) in [5.74, 6) is 3.73. The Hall–Kier alpha value is -1.48. The first-order valence-corrected chi connectivity index (χ1v) is 5.17. The Morgan fingerprint density at radius 1 is 1.41 bits per heavy atom. The number of aliphatic carboxylic acids is 1. The zero-order valence-electron chi connectivity index (χ0n) is 8.31. The van der Waals surface area contributed by atoms with Crippen molar-refractivity contribution in [1.29, 1.82) is 0 Å². The van der Waals surface area contributed by atoms with E-state index < -0.39 is 17.7 Å². The van der Waals surface area contributed by atoms with Gasteiger partial charge in [0.2, 0.25) is 0 Å². The lowest BCUT2D eigenvalue weighted by molar-refractivity contribution is -0.138. The van der Waals surface area contributed by atoms with E-state index in [0.29, 0.717) is 5.56 Å². The Labute approximate surface area is 104 Å². The van der Waals surface area contributed by atoms with Crippen LogP contribution in [-0.4, -0.2) is 11.1 Å². The fourth-order valence-corrected chi connectivity index (χ4v) is 1.49. The van der Waals surface area contributed by atoms with Gasteiger partial charge in [0.05, 0.1) is 5.56 Å². The average molecular weight is 307 g/mol. The predicted molar refractivity (Wildman–Crippen MR) is 58.3 cm³/mol. The number of carboxylic acids is 1. The first-order chi connectivity index (χ1) is 7.80. The molecule has 1 rings (SSSR count). The smallest absolute Gasteiger partial charge is 0.416 e. The molecule has 1 N–H and O–H groups in total. The number of alkyl halides is 3. The molecule has 0 fully saturated rings. The van der Waals surface area contributed by atoms with Crippen LogP contribution < -0.4 is 0 Å². The van der Waals surface area contributed by atoms with E-state index >= 15 is 0 Å². The maximum Gasteiger partial charge on any atom is 0.416 e. The van der Waals surface area contributed by atoms with Crippen LogP contribution >= 0.6 is 15.9 Å². The van der Waals surface area contributed by atoms with Gasteiger partial charge in [0.15, 0.2) is 0 Å². The van der Waals surface area contributed by atoms with Gasteiger partial charge in [0.1, 0.15) is 6.42 Å². The van der Waals surface area contributed by atoms with E-state index in [-0.39, 0.29) is 10.9 Å². The lowest BCUT2D eigenvalue weighted by Gasteiger charge is -2.07. The number of benzene rings is 1. The van der Waals surface area contributed by atoms with Crippen LogP contribution in [0.25, 0.3) is 0 Å². The Balaban J connectivity index is 2.97. The van der Waals surface area contributed by atoms with E-state index in [1.165, 1.54) is 6.07 Å². The molecule has 17 heavy (non-hydrogen) atoms. The Morgan fingerprint density at radius 2 is 2.06 bits per heavy atom. The van der Waals surface area contributed by atoms with E-state index in [9.17, 15) is 18.0 Å². The Bertz CT molecular complexity index is 498. The first-order valence-electron chi connectivity index (χ1n) is 4.38. The van der Waals surface area contributed by atoms with Crippen LogP contribution in [0.2, 0.25) is 0 Å². The molecule has 0 atom stereocenters. The summed E-state index contributed by atoms with van der Waals surface area (Å²) in [4.78, 5) is 10.2. The van der Waals surface area contributed by atoms with Crippen LogP contribution in [0.4, 0.5) is 13.2 Å². The maximum atomic E-state index is 12.3. The molecule has 0 aliphatic rings. The fourth-order valence-electron chi connectivity index (χ4n) is 1.01. The van der Waals surface area contributed by atoms with Crippen molar-refractivity contribution in [2.45, 2.75) is 12.6 Å². The summed E-state index contributed by atoms with van der Waals surface area (Å²) in [6.45, 7) is 0. The highest BCUT2D eigenvalue weighted by atomic mass is 79.9. The predicted octanol–water partition coefficient (Wildman–Crippen LogP) is 3.29. The monoisotopic (exact) mass is 306 g/mol. The first kappa shape index (κ1) is 13.6. The molecule has 0 aromatic heterocycles. The van der Waals surface area contributed by atoms with Crippen LogP contribution in [0, 0.1) is 11.8 Å². The van der Waals surface area contributed by atoms with Crippen molar-refractivity contribution in [1.82, 2.24) is 0 Å². The van der Waals surface area contributed by atoms with Crippen molar-refractivity contribution >= 4 is 21.9 Å². The number of rotatable bonds is 1. The SMILES string of the molecule is O=C(O)CC#Cc1ccc(C(F)(F)F)cc1Br. The molecule has 0 aliphatic carbocycles. The molecule has 0 saturated heterocycles. The molecular weight excluding hydrogens is 301 g/mol. The van der Waals surface area contributed by atoms with Gasteiger partial charge in [-0.05, 0) is 34.1 Å². The molecule has 0 unspecified atom stereocenters. The van der Waals surface area contributed by atoms with E-state index in [1.54, 1.807) is 0 Å². The molecule has 1 aromatic rings. The summed E-state index contributed by atoms with van der Waals surface area (Å²) < 4.78 is 37.2. The lowest BCUT2D eigenvalue weighted by atomic mass is 10.1. The number of hydrogen-bond donors (Lipinski definition) is 1. The second-order valence-corrected chi connectivity index (χ2v) is 3.92. The molecule has 0 saturated carbocycles. The van der Waals surface area contributed by atoms with Crippen molar-refractivity contribution in [3.05, 3.63) is 33.8 Å². The van der Waals surface area contributed by atoms with Gasteiger partial charge in [0.25, 0.3) is 0 Å². The van der Waals surface area contributed by atoms with E-state index in [0.717, 1.165) is 12.1 Å². The molecule has 0 radical (unpaired) electrons. The molecule has 0 bridgehead atoms. The molecule has 0 amide bonds. The van der Waals surface area contributed by atoms with Crippen LogP contribution in [0.15, 0.2) is 22.7 Å². The number of halogens is 4. The maximum absolute atomic E-state index is 12.3. The molecule has 0 heterocycles. The number of carbonyl (C=O) groups is 1. The van der Waals surface area contributed by atoms with Gasteiger partial charge in [-0.25, -0.2) is 0 Å². The highest BCUT2D eigenvalue weighted by Crippen LogP contribution is 2.31. The standard InChI is InChI=1S/C11H6BrF3O2/c12-9-6-8(11(13,14)15)5-4-7(9)2-1-3-10(16)17/h4-6H,3H2,(H,16,17). The van der Waals surface area contributed by atoms with Crippen molar-refractivity contribution in [3.8, 4) is 11.8 Å². The highest BCUT2D eigenvalue weighted by Gasteiger charge is 2.30. The van der Waals surface area contributed by atoms with Gasteiger partial charge in [-0.3, -0.25) is 4.79 Å². The van der Waals surface area contributed by atoms with E-state index in [1.807, 2.05) is 0 Å². The molecule has 0 spiro atoms. The van der Waals surface area contributed by atoms with Gasteiger partial charge < -0.3 is 5.11 Å². The molecular formula is C11H6BrF3O2. The van der Waals surface area contributed by atoms with Crippen molar-refractivity contribution < 1.29 is 23.1 Å². The molecule has 90 valence electrons. The Kier molecular flexibility index (Phi) is 4.18. The largest absolute Gasteiger partial charge is 0.481 e. The molecule has 2 nitrogen and oxygen atoms in total. The van der Waals surface area contributed by atoms with Crippen LogP contribution in [-0.2, 0) is 11.0 Å². The second kappa shape index (κ2) is 5.23. The van der Waals surface area contributed by atoms with Crippen LogP contribution in [0.1, 0.15) is 17.5 Å². The topological polar surface area (TPSA) is 37.3 Å². The number of carboxylic acid groups (broad SMARTS) is 1. The summed E-state index contributed by atoms with van der Waals surface area (Å²) in [6, 6.07) is 3.00. The quantitative estimate of drug-likeness (QED) is 0.808. The van der Waals surface area contributed by atoms with Crippen molar-refractivity contribution in [2.24, 2.45) is 0 Å². The molecule has 1 aromatic carbocycles. The van der Waals surface area contributed by atoms with Gasteiger partial charge in [-0.1, -0.05) is 11.8 Å². The highest BCUT2D eigenvalue weighted by molar-refractivity contribution is 9.10. The third-order valence-electron chi connectivity index (χ3n) is 1.76. The van der Waals surface area contributed by atoms with Gasteiger partial charge >= 0.3 is 12.1 Å². The molecule has 6 heteroatoms. The third-order valence-corrected chi connectivity index (χ3v) is 2.42. The Morgan fingerprint density at radius 3 is 2.53 bits per heavy atom. The summed E-state index contributed by atoms with van der Waals surface area (Å²) in [5.41, 5.74) is -0.465. The van der Waals surface area contributed by atoms with Gasteiger partial charge in [0, 0.05) is 10.0 Å². The van der Waals surface area contributed by atoms with E-state index in [2.05, 4.69) is 27.8 Å². The lowest BCUT2D eigenvalue weighted by Crippen LogP contribution is -2.04. The summed E-state index contributed by atoms with van der Waals surface area (Å²) in [5, 5.41) is 8.35. The van der Waals surface area contributed by atoms with E-state index in [4.69, 9.17) is 5.11 Å². The van der Waals surface area contributed by atoms with Crippen molar-refractivity contribution in [2.75, 3.05) is 0 Å². The summed E-state index contributed by atoms with van der Waals surface area (Å²) >= 11 is 2.96. The number of hydrogen-bond acceptors (Lipinski definition) is 1. The van der Waals surface area contributed by atoms with Crippen LogP contribution in [0.3, 0.4) is 0 Å². The average Bonchev–Trinajstić information content (AvgIpc) is 2.18.